The number of aromatic nitrogens is 1. The quantitative estimate of drug-likeness (QED) is 0.639. The summed E-state index contributed by atoms with van der Waals surface area (Å²) >= 11 is 1.45. The maximum atomic E-state index is 12.6. The van der Waals surface area contributed by atoms with Crippen molar-refractivity contribution in [2.24, 2.45) is 12.0 Å². The van der Waals surface area contributed by atoms with Gasteiger partial charge in [0, 0.05) is 25.7 Å². The second kappa shape index (κ2) is 7.98. The van der Waals surface area contributed by atoms with E-state index >= 15 is 0 Å². The highest BCUT2D eigenvalue weighted by Gasteiger charge is 2.21. The van der Waals surface area contributed by atoms with Gasteiger partial charge in [-0.2, -0.15) is 9.30 Å². The lowest BCUT2D eigenvalue weighted by molar-refractivity contribution is 0.0998. The van der Waals surface area contributed by atoms with Crippen molar-refractivity contribution >= 4 is 37.5 Å². The third kappa shape index (κ3) is 3.67. The lowest BCUT2D eigenvalue weighted by atomic mass is 10.2. The molecular formula is C20H23N3O3S2. The van der Waals surface area contributed by atoms with Crippen LogP contribution >= 0.6 is 11.3 Å². The summed E-state index contributed by atoms with van der Waals surface area (Å²) in [4.78, 5) is 17.6. The molecule has 3 aromatic rings. The van der Waals surface area contributed by atoms with Gasteiger partial charge < -0.3 is 4.57 Å². The zero-order chi connectivity index (χ0) is 20.5. The number of fused-ring (bicyclic) bond motifs is 1. The molecule has 3 rings (SSSR count). The molecule has 148 valence electrons. The Hall–Kier alpha value is -2.29. The zero-order valence-electron chi connectivity index (χ0n) is 16.3. The molecule has 0 saturated carbocycles. The van der Waals surface area contributed by atoms with Crippen LogP contribution in [0.25, 0.3) is 10.2 Å². The third-order valence-corrected chi connectivity index (χ3v) is 7.83. The molecule has 0 aliphatic heterocycles. The van der Waals surface area contributed by atoms with Gasteiger partial charge in [-0.15, -0.1) is 0 Å². The molecule has 1 amide bonds. The predicted molar refractivity (Wildman–Crippen MR) is 112 cm³/mol. The second-order valence-electron chi connectivity index (χ2n) is 6.40. The summed E-state index contributed by atoms with van der Waals surface area (Å²) in [7, 11) is -1.66. The van der Waals surface area contributed by atoms with Gasteiger partial charge >= 0.3 is 0 Å². The van der Waals surface area contributed by atoms with Gasteiger partial charge in [0.25, 0.3) is 5.91 Å². The van der Waals surface area contributed by atoms with Crippen LogP contribution < -0.4 is 4.80 Å². The van der Waals surface area contributed by atoms with Crippen LogP contribution in [0.3, 0.4) is 0 Å². The topological polar surface area (TPSA) is 71.7 Å². The maximum absolute atomic E-state index is 12.6. The van der Waals surface area contributed by atoms with Gasteiger partial charge in [0.1, 0.15) is 0 Å². The number of thiazole rings is 1. The van der Waals surface area contributed by atoms with Gasteiger partial charge in [0.05, 0.1) is 15.1 Å². The largest absolute Gasteiger partial charge is 0.319 e. The highest BCUT2D eigenvalue weighted by atomic mass is 32.2. The highest BCUT2D eigenvalue weighted by Crippen LogP contribution is 2.20. The van der Waals surface area contributed by atoms with E-state index in [9.17, 15) is 13.2 Å². The summed E-state index contributed by atoms with van der Waals surface area (Å²) in [6.45, 7) is 6.41. The summed E-state index contributed by atoms with van der Waals surface area (Å²) < 4.78 is 29.5. The van der Waals surface area contributed by atoms with E-state index in [1.54, 1.807) is 13.8 Å². The Bertz CT molecular complexity index is 1190. The van der Waals surface area contributed by atoms with E-state index in [0.29, 0.717) is 23.5 Å². The fourth-order valence-corrected chi connectivity index (χ4v) is 5.69. The van der Waals surface area contributed by atoms with Crippen molar-refractivity contribution < 1.29 is 13.2 Å². The third-order valence-electron chi connectivity index (χ3n) is 4.67. The number of hydrogen-bond acceptors (Lipinski definition) is 4. The van der Waals surface area contributed by atoms with Crippen LogP contribution in [-0.4, -0.2) is 36.3 Å². The highest BCUT2D eigenvalue weighted by molar-refractivity contribution is 7.89. The van der Waals surface area contributed by atoms with Crippen LogP contribution in [0.4, 0.5) is 0 Å². The van der Waals surface area contributed by atoms with Crippen molar-refractivity contribution in [3.05, 3.63) is 58.4 Å². The predicted octanol–water partition coefficient (Wildman–Crippen LogP) is 3.32. The van der Waals surface area contributed by atoms with E-state index in [1.807, 2.05) is 36.7 Å². The summed E-state index contributed by atoms with van der Waals surface area (Å²) in [6, 6.07) is 12.0. The van der Waals surface area contributed by atoms with Crippen LogP contribution in [0.1, 0.15) is 29.8 Å². The van der Waals surface area contributed by atoms with Crippen LogP contribution in [0.15, 0.2) is 52.4 Å². The number of carbonyl (C=O) groups excluding carboxylic acids is 1. The minimum atomic E-state index is -3.54. The van der Waals surface area contributed by atoms with Gasteiger partial charge in [0.15, 0.2) is 4.80 Å². The molecule has 0 radical (unpaired) electrons. The minimum absolute atomic E-state index is 0.177. The number of aryl methyl sites for hydroxylation is 2. The van der Waals surface area contributed by atoms with E-state index in [1.165, 1.54) is 39.9 Å². The van der Waals surface area contributed by atoms with E-state index in [2.05, 4.69) is 4.99 Å². The molecule has 0 atom stereocenters. The molecule has 0 saturated heterocycles. The number of amides is 1. The molecule has 8 heteroatoms. The molecule has 0 bridgehead atoms. The SMILES string of the molecule is CCN(CC)S(=O)(=O)c1ccc(C(=O)N=c2sc3cccc(C)c3n2C)cc1. The van der Waals surface area contributed by atoms with E-state index < -0.39 is 15.9 Å². The molecule has 1 aromatic heterocycles. The molecule has 1 heterocycles. The van der Waals surface area contributed by atoms with Gasteiger partial charge in [-0.1, -0.05) is 37.3 Å². The molecule has 0 aliphatic carbocycles. The standard InChI is InChI=1S/C20H23N3O3S2/c1-5-23(6-2)28(25,26)16-12-10-15(11-13-16)19(24)21-20-22(4)18-14(3)8-7-9-17(18)27-20/h7-13H,5-6H2,1-4H3. The Morgan fingerprint density at radius 3 is 2.32 bits per heavy atom. The molecule has 0 aliphatic rings. The van der Waals surface area contributed by atoms with Crippen LogP contribution in [-0.2, 0) is 17.1 Å². The smallest absolute Gasteiger partial charge is 0.279 e. The van der Waals surface area contributed by atoms with Crippen molar-refractivity contribution in [1.29, 1.82) is 0 Å². The first-order valence-corrected chi connectivity index (χ1v) is 11.3. The average molecular weight is 418 g/mol. The molecule has 2 aromatic carbocycles. The minimum Gasteiger partial charge on any atom is -0.319 e. The summed E-state index contributed by atoms with van der Waals surface area (Å²) in [5, 5.41) is 0. The van der Waals surface area contributed by atoms with Gasteiger partial charge in [-0.25, -0.2) is 8.42 Å². The van der Waals surface area contributed by atoms with Crippen LogP contribution in [0.2, 0.25) is 0 Å². The normalized spacial score (nSPS) is 12.8. The zero-order valence-corrected chi connectivity index (χ0v) is 18.0. The Morgan fingerprint density at radius 2 is 1.75 bits per heavy atom. The summed E-state index contributed by atoms with van der Waals surface area (Å²) in [6.07, 6.45) is 0. The Balaban J connectivity index is 1.96. The summed E-state index contributed by atoms with van der Waals surface area (Å²) in [5.41, 5.74) is 2.53. The number of hydrogen-bond donors (Lipinski definition) is 0. The average Bonchev–Trinajstić information content (AvgIpc) is 2.99. The van der Waals surface area contributed by atoms with E-state index in [0.717, 1.165) is 15.8 Å². The molecular weight excluding hydrogens is 394 g/mol. The number of nitrogens with zero attached hydrogens (tertiary/aromatic N) is 3. The van der Waals surface area contributed by atoms with Crippen molar-refractivity contribution in [2.75, 3.05) is 13.1 Å². The first-order chi connectivity index (χ1) is 13.3. The number of rotatable bonds is 5. The Kier molecular flexibility index (Phi) is 5.83. The lowest BCUT2D eigenvalue weighted by Gasteiger charge is -2.18. The van der Waals surface area contributed by atoms with Crippen molar-refractivity contribution in [2.45, 2.75) is 25.7 Å². The first-order valence-electron chi connectivity index (χ1n) is 9.04. The number of para-hydroxylation sites is 1. The fraction of sp³-hybridized carbons (Fsp3) is 0.300. The molecule has 0 N–H and O–H groups in total. The second-order valence-corrected chi connectivity index (χ2v) is 9.34. The molecule has 0 fully saturated rings. The van der Waals surface area contributed by atoms with Crippen LogP contribution in [0, 0.1) is 6.92 Å². The van der Waals surface area contributed by atoms with Gasteiger partial charge in [-0.3, -0.25) is 4.79 Å². The van der Waals surface area contributed by atoms with Gasteiger partial charge in [0.2, 0.25) is 10.0 Å². The number of carbonyl (C=O) groups is 1. The molecule has 28 heavy (non-hydrogen) atoms. The maximum Gasteiger partial charge on any atom is 0.279 e. The van der Waals surface area contributed by atoms with Crippen molar-refractivity contribution in [1.82, 2.24) is 8.87 Å². The number of sulfonamides is 1. The van der Waals surface area contributed by atoms with E-state index in [4.69, 9.17) is 0 Å². The van der Waals surface area contributed by atoms with E-state index in [-0.39, 0.29) is 4.90 Å². The number of benzene rings is 2. The molecule has 0 spiro atoms. The molecule has 0 unspecified atom stereocenters. The Labute approximate surface area is 168 Å². The van der Waals surface area contributed by atoms with Gasteiger partial charge in [-0.05, 0) is 42.8 Å². The van der Waals surface area contributed by atoms with Crippen molar-refractivity contribution in [3.8, 4) is 0 Å². The fourth-order valence-electron chi connectivity index (χ4n) is 3.14. The van der Waals surface area contributed by atoms with Crippen LogP contribution in [0.5, 0.6) is 0 Å². The summed E-state index contributed by atoms with van der Waals surface area (Å²) in [5.74, 6) is -0.397. The first kappa shape index (κ1) is 20.4. The molecule has 6 nitrogen and oxygen atoms in total. The lowest BCUT2D eigenvalue weighted by Crippen LogP contribution is -2.30. The van der Waals surface area contributed by atoms with Crippen molar-refractivity contribution in [3.63, 3.8) is 0 Å². The Morgan fingerprint density at radius 1 is 1.11 bits per heavy atom. The monoisotopic (exact) mass is 417 g/mol.